The fraction of sp³-hybridized carbons (Fsp3) is 0.923. The number of rotatable bonds is 8. The highest BCUT2D eigenvalue weighted by Gasteiger charge is 2.34. The predicted molar refractivity (Wildman–Crippen MR) is 64.0 cm³/mol. The molecule has 0 saturated carbocycles. The lowest BCUT2D eigenvalue weighted by molar-refractivity contribution is -0.145. The Kier molecular flexibility index (Phi) is 6.82. The molecule has 2 heteroatoms. The summed E-state index contributed by atoms with van der Waals surface area (Å²) in [5, 5.41) is 0. The Morgan fingerprint density at radius 3 is 2.07 bits per heavy atom. The lowest BCUT2D eigenvalue weighted by Crippen LogP contribution is -2.40. The summed E-state index contributed by atoms with van der Waals surface area (Å²) in [4.78, 5) is 12.1. The van der Waals surface area contributed by atoms with Gasteiger partial charge in [-0.1, -0.05) is 27.7 Å². The Bertz CT molecular complexity index is 181. The standard InChI is InChI=1S/C13H26O2/c1-6-13(7-2,15-8-3)12(14)10-9-11(4)5/h11H,6-10H2,1-5H3. The molecule has 0 aromatic heterocycles. The van der Waals surface area contributed by atoms with Gasteiger partial charge in [0.1, 0.15) is 5.60 Å². The fourth-order valence-corrected chi connectivity index (χ4v) is 1.85. The molecule has 0 atom stereocenters. The Labute approximate surface area is 94.4 Å². The second kappa shape index (κ2) is 7.00. The Morgan fingerprint density at radius 2 is 1.73 bits per heavy atom. The van der Waals surface area contributed by atoms with Gasteiger partial charge in [0.05, 0.1) is 0 Å². The lowest BCUT2D eigenvalue weighted by atomic mass is 9.88. The molecule has 0 amide bonds. The second-order valence-corrected chi connectivity index (χ2v) is 4.49. The average Bonchev–Trinajstić information content (AvgIpc) is 2.22. The van der Waals surface area contributed by atoms with Crippen molar-refractivity contribution in [2.45, 2.75) is 65.9 Å². The summed E-state index contributed by atoms with van der Waals surface area (Å²) >= 11 is 0. The molecule has 0 bridgehead atoms. The smallest absolute Gasteiger partial charge is 0.164 e. The average molecular weight is 214 g/mol. The van der Waals surface area contributed by atoms with E-state index in [1.54, 1.807) is 0 Å². The largest absolute Gasteiger partial charge is 0.368 e. The van der Waals surface area contributed by atoms with E-state index >= 15 is 0 Å². The number of Topliss-reactive ketones (excluding diaryl/α,β-unsaturated/α-hetero) is 1. The third-order valence-corrected chi connectivity index (χ3v) is 3.02. The van der Waals surface area contributed by atoms with E-state index in [1.165, 1.54) is 0 Å². The van der Waals surface area contributed by atoms with Crippen molar-refractivity contribution in [1.82, 2.24) is 0 Å². The van der Waals surface area contributed by atoms with Crippen molar-refractivity contribution in [1.29, 1.82) is 0 Å². The van der Waals surface area contributed by atoms with Crippen LogP contribution in [0.25, 0.3) is 0 Å². The Morgan fingerprint density at radius 1 is 1.20 bits per heavy atom. The van der Waals surface area contributed by atoms with Crippen LogP contribution in [0, 0.1) is 5.92 Å². The molecule has 0 saturated heterocycles. The van der Waals surface area contributed by atoms with Crippen LogP contribution in [0.1, 0.15) is 60.3 Å². The third-order valence-electron chi connectivity index (χ3n) is 3.02. The van der Waals surface area contributed by atoms with Gasteiger partial charge in [0.15, 0.2) is 5.78 Å². The van der Waals surface area contributed by atoms with Crippen LogP contribution in [0.5, 0.6) is 0 Å². The Hall–Kier alpha value is -0.370. The van der Waals surface area contributed by atoms with Crippen molar-refractivity contribution in [3.63, 3.8) is 0 Å². The molecule has 0 aliphatic rings. The molecule has 0 N–H and O–H groups in total. The minimum absolute atomic E-state index is 0.281. The zero-order valence-electron chi connectivity index (χ0n) is 10.9. The van der Waals surface area contributed by atoms with Crippen LogP contribution in [0.3, 0.4) is 0 Å². The van der Waals surface area contributed by atoms with Crippen molar-refractivity contribution in [2.24, 2.45) is 5.92 Å². The predicted octanol–water partition coefficient (Wildman–Crippen LogP) is 3.59. The van der Waals surface area contributed by atoms with E-state index in [0.717, 1.165) is 19.3 Å². The molecule has 90 valence electrons. The van der Waals surface area contributed by atoms with E-state index in [9.17, 15) is 4.79 Å². The highest BCUT2D eigenvalue weighted by Crippen LogP contribution is 2.24. The van der Waals surface area contributed by atoms with E-state index < -0.39 is 5.60 Å². The summed E-state index contributed by atoms with van der Waals surface area (Å²) in [7, 11) is 0. The fourth-order valence-electron chi connectivity index (χ4n) is 1.85. The van der Waals surface area contributed by atoms with E-state index in [2.05, 4.69) is 13.8 Å². The first-order valence-corrected chi connectivity index (χ1v) is 6.19. The number of ketones is 1. The molecule has 0 heterocycles. The molecule has 0 spiro atoms. The first kappa shape index (κ1) is 14.6. The summed E-state index contributed by atoms with van der Waals surface area (Å²) in [6.45, 7) is 10.9. The molecule has 0 radical (unpaired) electrons. The molecular weight excluding hydrogens is 188 g/mol. The maximum Gasteiger partial charge on any atom is 0.164 e. The first-order valence-electron chi connectivity index (χ1n) is 6.19. The molecule has 0 unspecified atom stereocenters. The van der Waals surface area contributed by atoms with Crippen molar-refractivity contribution >= 4 is 5.78 Å². The third kappa shape index (κ3) is 4.33. The summed E-state index contributed by atoms with van der Waals surface area (Å²) < 4.78 is 5.67. The molecule has 0 aromatic rings. The Balaban J connectivity index is 4.40. The van der Waals surface area contributed by atoms with E-state index in [1.807, 2.05) is 20.8 Å². The molecule has 0 rings (SSSR count). The van der Waals surface area contributed by atoms with Crippen LogP contribution in [-0.4, -0.2) is 18.0 Å². The highest BCUT2D eigenvalue weighted by molar-refractivity contribution is 5.87. The molecule has 0 aliphatic carbocycles. The highest BCUT2D eigenvalue weighted by atomic mass is 16.5. The van der Waals surface area contributed by atoms with Gasteiger partial charge in [0.2, 0.25) is 0 Å². The summed E-state index contributed by atoms with van der Waals surface area (Å²) in [6.07, 6.45) is 3.19. The number of hydrogen-bond donors (Lipinski definition) is 0. The normalized spacial score (nSPS) is 12.1. The van der Waals surface area contributed by atoms with E-state index in [4.69, 9.17) is 4.74 Å². The molecular formula is C13H26O2. The molecule has 15 heavy (non-hydrogen) atoms. The molecule has 2 nitrogen and oxygen atoms in total. The van der Waals surface area contributed by atoms with Crippen LogP contribution in [-0.2, 0) is 9.53 Å². The van der Waals surface area contributed by atoms with Crippen molar-refractivity contribution in [2.75, 3.05) is 6.61 Å². The van der Waals surface area contributed by atoms with Gasteiger partial charge < -0.3 is 4.74 Å². The van der Waals surface area contributed by atoms with Crippen LogP contribution < -0.4 is 0 Å². The monoisotopic (exact) mass is 214 g/mol. The van der Waals surface area contributed by atoms with Crippen LogP contribution in [0.2, 0.25) is 0 Å². The van der Waals surface area contributed by atoms with E-state index in [0.29, 0.717) is 18.9 Å². The van der Waals surface area contributed by atoms with Crippen molar-refractivity contribution in [3.05, 3.63) is 0 Å². The van der Waals surface area contributed by atoms with Gasteiger partial charge in [0.25, 0.3) is 0 Å². The number of carbonyl (C=O) groups excluding carboxylic acids is 1. The number of carbonyl (C=O) groups is 1. The van der Waals surface area contributed by atoms with Gasteiger partial charge in [-0.25, -0.2) is 0 Å². The molecule has 0 fully saturated rings. The summed E-state index contributed by atoms with van der Waals surface area (Å²) in [5.41, 5.74) is -0.510. The first-order chi connectivity index (χ1) is 7.02. The second-order valence-electron chi connectivity index (χ2n) is 4.49. The van der Waals surface area contributed by atoms with Crippen molar-refractivity contribution in [3.8, 4) is 0 Å². The van der Waals surface area contributed by atoms with Gasteiger partial charge in [0, 0.05) is 13.0 Å². The van der Waals surface area contributed by atoms with Crippen molar-refractivity contribution < 1.29 is 9.53 Å². The van der Waals surface area contributed by atoms with Gasteiger partial charge in [-0.3, -0.25) is 4.79 Å². The molecule has 0 aliphatic heterocycles. The maximum absolute atomic E-state index is 12.1. The molecule has 0 aromatic carbocycles. The van der Waals surface area contributed by atoms with Gasteiger partial charge in [-0.05, 0) is 32.1 Å². The minimum atomic E-state index is -0.510. The van der Waals surface area contributed by atoms with Gasteiger partial charge in [-0.2, -0.15) is 0 Å². The maximum atomic E-state index is 12.1. The topological polar surface area (TPSA) is 26.3 Å². The SMILES string of the molecule is CCOC(CC)(CC)C(=O)CCC(C)C. The zero-order valence-corrected chi connectivity index (χ0v) is 10.9. The van der Waals surface area contributed by atoms with Crippen LogP contribution in [0.15, 0.2) is 0 Å². The minimum Gasteiger partial charge on any atom is -0.368 e. The van der Waals surface area contributed by atoms with Crippen LogP contribution >= 0.6 is 0 Å². The lowest BCUT2D eigenvalue weighted by Gasteiger charge is -2.30. The number of ether oxygens (including phenoxy) is 1. The quantitative estimate of drug-likeness (QED) is 0.617. The summed E-state index contributed by atoms with van der Waals surface area (Å²) in [5.74, 6) is 0.866. The number of hydrogen-bond acceptors (Lipinski definition) is 2. The van der Waals surface area contributed by atoms with Crippen LogP contribution in [0.4, 0.5) is 0 Å². The van der Waals surface area contributed by atoms with Gasteiger partial charge in [-0.15, -0.1) is 0 Å². The van der Waals surface area contributed by atoms with Gasteiger partial charge >= 0.3 is 0 Å². The van der Waals surface area contributed by atoms with E-state index in [-0.39, 0.29) is 5.78 Å². The zero-order chi connectivity index (χ0) is 11.9. The summed E-state index contributed by atoms with van der Waals surface area (Å²) in [6, 6.07) is 0.